The van der Waals surface area contributed by atoms with E-state index in [2.05, 4.69) is 5.32 Å². The quantitative estimate of drug-likeness (QED) is 0.751. The fourth-order valence-corrected chi connectivity index (χ4v) is 2.85. The third-order valence-electron chi connectivity index (χ3n) is 4.33. The van der Waals surface area contributed by atoms with Crippen LogP contribution in [0.15, 0.2) is 48.5 Å². The molecule has 2 aromatic rings. The van der Waals surface area contributed by atoms with E-state index < -0.39 is 18.0 Å². The standard InChI is InChI=1S/C21H22N2O6/c1-14(21(26)22-15-6-5-7-16(12-15)27-2)29-20(25)13-23-17-8-3-4-9-18(17)28-11-10-19(23)24/h3-9,12,14H,10-11,13H2,1-2H3,(H,22,26)/t14-/m1/s1. The predicted octanol–water partition coefficient (Wildman–Crippen LogP) is 2.38. The number of carbonyl (C=O) groups is 3. The number of rotatable bonds is 6. The number of anilines is 2. The first kappa shape index (κ1) is 20.2. The van der Waals surface area contributed by atoms with Gasteiger partial charge in [-0.3, -0.25) is 19.3 Å². The second-order valence-electron chi connectivity index (χ2n) is 6.40. The van der Waals surface area contributed by atoms with Crippen molar-refractivity contribution in [3.05, 3.63) is 48.5 Å². The van der Waals surface area contributed by atoms with Crippen LogP contribution in [0.3, 0.4) is 0 Å². The van der Waals surface area contributed by atoms with Gasteiger partial charge in [0, 0.05) is 11.8 Å². The molecule has 0 unspecified atom stereocenters. The van der Waals surface area contributed by atoms with Crippen molar-refractivity contribution in [2.75, 3.05) is 30.5 Å². The SMILES string of the molecule is COc1cccc(NC(=O)[C@@H](C)OC(=O)CN2C(=O)CCOc3ccccc32)c1. The van der Waals surface area contributed by atoms with Crippen LogP contribution < -0.4 is 19.7 Å². The van der Waals surface area contributed by atoms with E-state index in [4.69, 9.17) is 14.2 Å². The first-order valence-corrected chi connectivity index (χ1v) is 9.14. The van der Waals surface area contributed by atoms with Crippen molar-refractivity contribution in [3.8, 4) is 11.5 Å². The summed E-state index contributed by atoms with van der Waals surface area (Å²) in [6.45, 7) is 1.39. The number of esters is 1. The van der Waals surface area contributed by atoms with Gasteiger partial charge in [0.2, 0.25) is 5.91 Å². The molecule has 8 heteroatoms. The second-order valence-corrected chi connectivity index (χ2v) is 6.40. The molecule has 0 spiro atoms. The van der Waals surface area contributed by atoms with E-state index in [-0.39, 0.29) is 25.5 Å². The molecule has 0 aliphatic carbocycles. The maximum absolute atomic E-state index is 12.4. The lowest BCUT2D eigenvalue weighted by molar-refractivity contribution is -0.152. The van der Waals surface area contributed by atoms with Gasteiger partial charge in [0.1, 0.15) is 18.0 Å². The van der Waals surface area contributed by atoms with Crippen molar-refractivity contribution in [3.63, 3.8) is 0 Å². The molecule has 0 bridgehead atoms. The summed E-state index contributed by atoms with van der Waals surface area (Å²) in [6.07, 6.45) is -0.893. The summed E-state index contributed by atoms with van der Waals surface area (Å²) in [4.78, 5) is 38.4. The second kappa shape index (κ2) is 9.09. The Kier molecular flexibility index (Phi) is 6.33. The van der Waals surface area contributed by atoms with Crippen molar-refractivity contribution in [1.82, 2.24) is 0 Å². The zero-order chi connectivity index (χ0) is 20.8. The van der Waals surface area contributed by atoms with Crippen molar-refractivity contribution >= 4 is 29.2 Å². The number of nitrogens with one attached hydrogen (secondary N) is 1. The average Bonchev–Trinajstić information content (AvgIpc) is 2.87. The Bertz CT molecular complexity index is 914. The van der Waals surface area contributed by atoms with Crippen molar-refractivity contribution in [2.45, 2.75) is 19.4 Å². The zero-order valence-corrected chi connectivity index (χ0v) is 16.2. The zero-order valence-electron chi connectivity index (χ0n) is 16.2. The molecule has 0 saturated heterocycles. The number of hydrogen-bond acceptors (Lipinski definition) is 6. The Labute approximate surface area is 168 Å². The predicted molar refractivity (Wildman–Crippen MR) is 106 cm³/mol. The summed E-state index contributed by atoms with van der Waals surface area (Å²) in [6, 6.07) is 13.8. The first-order chi connectivity index (χ1) is 14.0. The number of benzene rings is 2. The van der Waals surface area contributed by atoms with E-state index in [0.29, 0.717) is 22.9 Å². The molecule has 1 aliphatic heterocycles. The number of fused-ring (bicyclic) bond motifs is 1. The number of amides is 2. The van der Waals surface area contributed by atoms with Gasteiger partial charge in [-0.2, -0.15) is 0 Å². The molecule has 2 amide bonds. The lowest BCUT2D eigenvalue weighted by Gasteiger charge is -2.22. The number of ether oxygens (including phenoxy) is 3. The van der Waals surface area contributed by atoms with Crippen molar-refractivity contribution in [1.29, 1.82) is 0 Å². The van der Waals surface area contributed by atoms with Crippen molar-refractivity contribution in [2.24, 2.45) is 0 Å². The van der Waals surface area contributed by atoms with Gasteiger partial charge in [0.15, 0.2) is 6.10 Å². The van der Waals surface area contributed by atoms with E-state index in [0.717, 1.165) is 0 Å². The molecule has 1 aliphatic rings. The number of para-hydroxylation sites is 2. The molecule has 8 nitrogen and oxygen atoms in total. The van der Waals surface area contributed by atoms with E-state index in [9.17, 15) is 14.4 Å². The summed E-state index contributed by atoms with van der Waals surface area (Å²) in [7, 11) is 1.53. The van der Waals surface area contributed by atoms with E-state index in [1.807, 2.05) is 0 Å². The summed E-state index contributed by atoms with van der Waals surface area (Å²) < 4.78 is 15.9. The normalized spacial score (nSPS) is 14.1. The minimum absolute atomic E-state index is 0.147. The Hall–Kier alpha value is -3.55. The van der Waals surface area contributed by atoms with Crippen LogP contribution in [0.4, 0.5) is 11.4 Å². The van der Waals surface area contributed by atoms with Gasteiger partial charge >= 0.3 is 5.97 Å². The highest BCUT2D eigenvalue weighted by molar-refractivity contribution is 6.00. The number of hydrogen-bond donors (Lipinski definition) is 1. The van der Waals surface area contributed by atoms with Crippen LogP contribution >= 0.6 is 0 Å². The van der Waals surface area contributed by atoms with Gasteiger partial charge in [-0.25, -0.2) is 0 Å². The third kappa shape index (κ3) is 5.04. The highest BCUT2D eigenvalue weighted by Gasteiger charge is 2.27. The highest BCUT2D eigenvalue weighted by atomic mass is 16.5. The molecular weight excluding hydrogens is 376 g/mol. The number of carbonyl (C=O) groups excluding carboxylic acids is 3. The van der Waals surface area contributed by atoms with E-state index in [1.54, 1.807) is 48.5 Å². The molecule has 29 heavy (non-hydrogen) atoms. The maximum Gasteiger partial charge on any atom is 0.326 e. The molecular formula is C21H22N2O6. The highest BCUT2D eigenvalue weighted by Crippen LogP contribution is 2.30. The van der Waals surface area contributed by atoms with Gasteiger partial charge in [0.05, 0.1) is 25.8 Å². The Morgan fingerprint density at radius 2 is 2.00 bits per heavy atom. The van der Waals surface area contributed by atoms with Crippen molar-refractivity contribution < 1.29 is 28.6 Å². The minimum Gasteiger partial charge on any atom is -0.497 e. The molecule has 0 saturated carbocycles. The summed E-state index contributed by atoms with van der Waals surface area (Å²) in [5.74, 6) is -0.316. The topological polar surface area (TPSA) is 94.2 Å². The van der Waals surface area contributed by atoms with Gasteiger partial charge in [-0.15, -0.1) is 0 Å². The Morgan fingerprint density at radius 1 is 1.21 bits per heavy atom. The Morgan fingerprint density at radius 3 is 2.79 bits per heavy atom. The van der Waals surface area contributed by atoms with Gasteiger partial charge in [-0.1, -0.05) is 18.2 Å². The van der Waals surface area contributed by atoms with Crippen LogP contribution in [-0.2, 0) is 19.1 Å². The van der Waals surface area contributed by atoms with Gasteiger partial charge in [-0.05, 0) is 31.2 Å². The van der Waals surface area contributed by atoms with Crippen LogP contribution in [0.2, 0.25) is 0 Å². The minimum atomic E-state index is -1.04. The van der Waals surface area contributed by atoms with Gasteiger partial charge < -0.3 is 19.5 Å². The molecule has 1 heterocycles. The largest absolute Gasteiger partial charge is 0.497 e. The summed E-state index contributed by atoms with van der Waals surface area (Å²) in [5, 5.41) is 2.66. The first-order valence-electron chi connectivity index (χ1n) is 9.14. The smallest absolute Gasteiger partial charge is 0.326 e. The average molecular weight is 398 g/mol. The summed E-state index contributed by atoms with van der Waals surface area (Å²) >= 11 is 0. The molecule has 1 atom stereocenters. The van der Waals surface area contributed by atoms with Gasteiger partial charge in [0.25, 0.3) is 5.91 Å². The molecule has 3 rings (SSSR count). The molecule has 0 aromatic heterocycles. The van der Waals surface area contributed by atoms with Crippen LogP contribution in [0.25, 0.3) is 0 Å². The van der Waals surface area contributed by atoms with E-state index >= 15 is 0 Å². The van der Waals surface area contributed by atoms with Crippen LogP contribution in [0.1, 0.15) is 13.3 Å². The Balaban J connectivity index is 1.62. The van der Waals surface area contributed by atoms with Crippen LogP contribution in [0, 0.1) is 0 Å². The maximum atomic E-state index is 12.4. The van der Waals surface area contributed by atoms with E-state index in [1.165, 1.54) is 18.9 Å². The third-order valence-corrected chi connectivity index (χ3v) is 4.33. The van der Waals surface area contributed by atoms with Crippen LogP contribution in [0.5, 0.6) is 11.5 Å². The molecule has 152 valence electrons. The number of methoxy groups -OCH3 is 1. The molecule has 2 aromatic carbocycles. The molecule has 1 N–H and O–H groups in total. The van der Waals surface area contributed by atoms with Crippen LogP contribution in [-0.4, -0.2) is 44.1 Å². The fourth-order valence-electron chi connectivity index (χ4n) is 2.85. The molecule has 0 fully saturated rings. The lowest BCUT2D eigenvalue weighted by Crippen LogP contribution is -2.39. The lowest BCUT2D eigenvalue weighted by atomic mass is 10.2. The number of nitrogens with zero attached hydrogens (tertiary/aromatic N) is 1. The summed E-state index contributed by atoms with van der Waals surface area (Å²) in [5.41, 5.74) is 1.02. The molecule has 0 radical (unpaired) electrons. The monoisotopic (exact) mass is 398 g/mol. The fraction of sp³-hybridized carbons (Fsp3) is 0.286.